The van der Waals surface area contributed by atoms with Gasteiger partial charge in [0.2, 0.25) is 0 Å². The van der Waals surface area contributed by atoms with E-state index in [1.54, 1.807) is 0 Å². The minimum atomic E-state index is 0.341. The molecule has 2 rings (SSSR count). The molecule has 2 heterocycles. The Balaban J connectivity index is 2.49. The highest BCUT2D eigenvalue weighted by molar-refractivity contribution is 5.58. The van der Waals surface area contributed by atoms with E-state index in [-0.39, 0.29) is 0 Å². The molecule has 0 amide bonds. The Morgan fingerprint density at radius 1 is 1.32 bits per heavy atom. The van der Waals surface area contributed by atoms with Gasteiger partial charge < -0.3 is 5.32 Å². The molecule has 102 valence electrons. The molecule has 2 aromatic rings. The second kappa shape index (κ2) is 5.38. The summed E-state index contributed by atoms with van der Waals surface area (Å²) in [7, 11) is 1.89. The number of aryl methyl sites for hydroxylation is 1. The van der Waals surface area contributed by atoms with Crippen molar-refractivity contribution in [3.05, 3.63) is 23.7 Å². The third-order valence-electron chi connectivity index (χ3n) is 3.21. The minimum Gasteiger partial charge on any atom is -0.373 e. The second-order valence-electron chi connectivity index (χ2n) is 4.87. The van der Waals surface area contributed by atoms with E-state index in [2.05, 4.69) is 41.2 Å². The van der Waals surface area contributed by atoms with Gasteiger partial charge in [-0.25, -0.2) is 9.97 Å². The summed E-state index contributed by atoms with van der Waals surface area (Å²) in [6.07, 6.45) is 4.71. The standard InChI is InChI=1S/C14H21N5/c1-6-12-10(4)13(15-5)18-14(17-12)11-7-16-19(8-11)9(2)3/h7-9H,6H2,1-5H3,(H,15,17,18). The average molecular weight is 259 g/mol. The summed E-state index contributed by atoms with van der Waals surface area (Å²) in [4.78, 5) is 9.20. The van der Waals surface area contributed by atoms with Gasteiger partial charge in [-0.05, 0) is 27.2 Å². The third kappa shape index (κ3) is 2.59. The predicted molar refractivity (Wildman–Crippen MR) is 77.3 cm³/mol. The number of aromatic nitrogens is 4. The number of hydrogen-bond donors (Lipinski definition) is 1. The van der Waals surface area contributed by atoms with E-state index < -0.39 is 0 Å². The van der Waals surface area contributed by atoms with E-state index >= 15 is 0 Å². The Kier molecular flexibility index (Phi) is 3.83. The number of rotatable bonds is 4. The van der Waals surface area contributed by atoms with Gasteiger partial charge in [-0.15, -0.1) is 0 Å². The number of hydrogen-bond acceptors (Lipinski definition) is 4. The van der Waals surface area contributed by atoms with Crippen molar-refractivity contribution in [1.29, 1.82) is 0 Å². The Morgan fingerprint density at radius 3 is 2.58 bits per heavy atom. The smallest absolute Gasteiger partial charge is 0.164 e. The zero-order chi connectivity index (χ0) is 14.0. The highest BCUT2D eigenvalue weighted by Crippen LogP contribution is 2.22. The van der Waals surface area contributed by atoms with Crippen LogP contribution in [0, 0.1) is 6.92 Å². The zero-order valence-electron chi connectivity index (χ0n) is 12.2. The molecule has 1 N–H and O–H groups in total. The summed E-state index contributed by atoms with van der Waals surface area (Å²) in [6, 6.07) is 0.341. The normalized spacial score (nSPS) is 11.1. The maximum absolute atomic E-state index is 4.64. The van der Waals surface area contributed by atoms with E-state index in [9.17, 15) is 0 Å². The Morgan fingerprint density at radius 2 is 2.05 bits per heavy atom. The van der Waals surface area contributed by atoms with Gasteiger partial charge in [0.15, 0.2) is 5.82 Å². The molecule has 0 unspecified atom stereocenters. The molecule has 0 aliphatic carbocycles. The van der Waals surface area contributed by atoms with Crippen molar-refractivity contribution in [2.75, 3.05) is 12.4 Å². The lowest BCUT2D eigenvalue weighted by Gasteiger charge is -2.10. The van der Waals surface area contributed by atoms with E-state index in [1.807, 2.05) is 31.0 Å². The van der Waals surface area contributed by atoms with Crippen LogP contribution in [0.2, 0.25) is 0 Å². The van der Waals surface area contributed by atoms with Gasteiger partial charge in [0.1, 0.15) is 5.82 Å². The second-order valence-corrected chi connectivity index (χ2v) is 4.87. The lowest BCUT2D eigenvalue weighted by Crippen LogP contribution is -2.04. The molecule has 0 aliphatic heterocycles. The highest BCUT2D eigenvalue weighted by Gasteiger charge is 2.12. The van der Waals surface area contributed by atoms with Crippen LogP contribution in [0.1, 0.15) is 38.1 Å². The van der Waals surface area contributed by atoms with Crippen LogP contribution in [0.5, 0.6) is 0 Å². The summed E-state index contributed by atoms with van der Waals surface area (Å²) in [5, 5.41) is 7.47. The Bertz CT molecular complexity index is 546. The topological polar surface area (TPSA) is 55.6 Å². The lowest BCUT2D eigenvalue weighted by molar-refractivity contribution is 0.532. The molecule has 0 fully saturated rings. The van der Waals surface area contributed by atoms with Crippen LogP contribution < -0.4 is 5.32 Å². The van der Waals surface area contributed by atoms with E-state index in [4.69, 9.17) is 0 Å². The first-order chi connectivity index (χ1) is 9.06. The highest BCUT2D eigenvalue weighted by atomic mass is 15.3. The number of nitrogens with one attached hydrogen (secondary N) is 1. The molecule has 0 aromatic carbocycles. The van der Waals surface area contributed by atoms with Crippen molar-refractivity contribution in [3.8, 4) is 11.4 Å². The molecule has 0 saturated carbocycles. The molecule has 0 radical (unpaired) electrons. The number of nitrogens with zero attached hydrogens (tertiary/aromatic N) is 4. The van der Waals surface area contributed by atoms with Crippen molar-refractivity contribution in [2.45, 2.75) is 40.2 Å². The largest absolute Gasteiger partial charge is 0.373 e. The first-order valence-electron chi connectivity index (χ1n) is 6.66. The molecular weight excluding hydrogens is 238 g/mol. The fourth-order valence-electron chi connectivity index (χ4n) is 2.02. The average Bonchev–Trinajstić information content (AvgIpc) is 2.89. The van der Waals surface area contributed by atoms with Gasteiger partial charge in [0.05, 0.1) is 11.8 Å². The van der Waals surface area contributed by atoms with Gasteiger partial charge >= 0.3 is 0 Å². The van der Waals surface area contributed by atoms with Gasteiger partial charge in [-0.1, -0.05) is 6.92 Å². The summed E-state index contributed by atoms with van der Waals surface area (Å²) in [5.41, 5.74) is 3.15. The van der Waals surface area contributed by atoms with Crippen LogP contribution >= 0.6 is 0 Å². The third-order valence-corrected chi connectivity index (χ3v) is 3.21. The van der Waals surface area contributed by atoms with Crippen LogP contribution in [0.25, 0.3) is 11.4 Å². The fourth-order valence-corrected chi connectivity index (χ4v) is 2.02. The van der Waals surface area contributed by atoms with Crippen LogP contribution in [0.15, 0.2) is 12.4 Å². The molecule has 0 saturated heterocycles. The van der Waals surface area contributed by atoms with Crippen LogP contribution in [-0.4, -0.2) is 26.8 Å². The molecule has 5 heteroatoms. The molecule has 19 heavy (non-hydrogen) atoms. The quantitative estimate of drug-likeness (QED) is 0.917. The predicted octanol–water partition coefficient (Wildman–Crippen LogP) is 2.83. The summed E-state index contributed by atoms with van der Waals surface area (Å²) < 4.78 is 1.92. The summed E-state index contributed by atoms with van der Waals surface area (Å²) in [5.74, 6) is 1.62. The van der Waals surface area contributed by atoms with Crippen molar-refractivity contribution in [3.63, 3.8) is 0 Å². The molecule has 0 atom stereocenters. The van der Waals surface area contributed by atoms with Crippen LogP contribution in [-0.2, 0) is 6.42 Å². The Labute approximate surface area is 114 Å². The summed E-state index contributed by atoms with van der Waals surface area (Å²) in [6.45, 7) is 8.36. The molecule has 5 nitrogen and oxygen atoms in total. The molecular formula is C14H21N5. The first-order valence-corrected chi connectivity index (χ1v) is 6.66. The van der Waals surface area contributed by atoms with Crippen molar-refractivity contribution in [1.82, 2.24) is 19.7 Å². The van der Waals surface area contributed by atoms with Crippen molar-refractivity contribution < 1.29 is 0 Å². The van der Waals surface area contributed by atoms with E-state index in [0.29, 0.717) is 6.04 Å². The molecule has 0 bridgehead atoms. The Hall–Kier alpha value is -1.91. The van der Waals surface area contributed by atoms with E-state index in [0.717, 1.165) is 34.9 Å². The fraction of sp³-hybridized carbons (Fsp3) is 0.500. The SMILES string of the molecule is CCc1nc(-c2cnn(C(C)C)c2)nc(NC)c1C. The number of anilines is 1. The molecule has 0 spiro atoms. The first kappa shape index (κ1) is 13.5. The molecule has 0 aliphatic rings. The van der Waals surface area contributed by atoms with Gasteiger partial charge in [0.25, 0.3) is 0 Å². The van der Waals surface area contributed by atoms with Gasteiger partial charge in [-0.3, -0.25) is 4.68 Å². The maximum Gasteiger partial charge on any atom is 0.164 e. The van der Waals surface area contributed by atoms with Crippen molar-refractivity contribution in [2.24, 2.45) is 0 Å². The zero-order valence-corrected chi connectivity index (χ0v) is 12.2. The van der Waals surface area contributed by atoms with Crippen LogP contribution in [0.3, 0.4) is 0 Å². The lowest BCUT2D eigenvalue weighted by atomic mass is 10.2. The molecule has 2 aromatic heterocycles. The summed E-state index contributed by atoms with van der Waals surface area (Å²) >= 11 is 0. The minimum absolute atomic E-state index is 0.341. The van der Waals surface area contributed by atoms with Gasteiger partial charge in [0, 0.05) is 30.5 Å². The monoisotopic (exact) mass is 259 g/mol. The van der Waals surface area contributed by atoms with Crippen LogP contribution in [0.4, 0.5) is 5.82 Å². The van der Waals surface area contributed by atoms with Crippen molar-refractivity contribution >= 4 is 5.82 Å². The van der Waals surface area contributed by atoms with Gasteiger partial charge in [-0.2, -0.15) is 5.10 Å². The maximum atomic E-state index is 4.64. The van der Waals surface area contributed by atoms with E-state index in [1.165, 1.54) is 0 Å².